The van der Waals surface area contributed by atoms with Gasteiger partial charge in [0.25, 0.3) is 11.6 Å². The van der Waals surface area contributed by atoms with Gasteiger partial charge < -0.3 is 9.47 Å². The minimum atomic E-state index is -0.547. The largest absolute Gasteiger partial charge is 0.454 e. The average molecular weight is 446 g/mol. The monoisotopic (exact) mass is 446 g/mol. The number of carbonyl (C=O) groups is 1. The van der Waals surface area contributed by atoms with Crippen LogP contribution in [0.5, 0.6) is 11.5 Å². The average Bonchev–Trinajstić information content (AvgIpc) is 3.49. The first-order valence-corrected chi connectivity index (χ1v) is 10.3. The lowest BCUT2D eigenvalue weighted by molar-refractivity contribution is -0.385. The van der Waals surface area contributed by atoms with Gasteiger partial charge in [0.2, 0.25) is 6.79 Å². The molecule has 0 atom stereocenters. The number of hydrogen-bond acceptors (Lipinski definition) is 8. The number of hydrazone groups is 1. The third-order valence-corrected chi connectivity index (χ3v) is 5.72. The molecule has 0 saturated carbocycles. The number of para-hydroxylation sites is 1. The second kappa shape index (κ2) is 8.08. The molecular formula is C22H14N4O5S. The van der Waals surface area contributed by atoms with Gasteiger partial charge in [0.05, 0.1) is 44.4 Å². The molecule has 0 radical (unpaired) electrons. The number of nitro benzene ring substituents is 1. The summed E-state index contributed by atoms with van der Waals surface area (Å²) < 4.78 is 10.4. The van der Waals surface area contributed by atoms with Crippen LogP contribution in [0.25, 0.3) is 21.5 Å². The number of ether oxygens (including phenoxy) is 2. The highest BCUT2D eigenvalue weighted by Gasteiger charge is 2.22. The fourth-order valence-corrected chi connectivity index (χ4v) is 4.03. The number of aromatic nitrogens is 1. The van der Waals surface area contributed by atoms with Gasteiger partial charge in [-0.1, -0.05) is 24.3 Å². The number of nitro groups is 1. The molecule has 9 nitrogen and oxygen atoms in total. The number of thiophene rings is 1. The Bertz CT molecular complexity index is 1380. The third kappa shape index (κ3) is 3.63. The Morgan fingerprint density at radius 2 is 1.97 bits per heavy atom. The maximum atomic E-state index is 12.9. The number of carbonyl (C=O) groups excluding carboxylic acids is 1. The fraction of sp³-hybridized carbons (Fsp3) is 0.0455. The molecule has 2 aromatic carbocycles. The van der Waals surface area contributed by atoms with Gasteiger partial charge in [0.15, 0.2) is 11.5 Å². The van der Waals surface area contributed by atoms with Crippen molar-refractivity contribution in [1.82, 2.24) is 10.4 Å². The third-order valence-electron chi connectivity index (χ3n) is 4.82. The number of hydrogen-bond donors (Lipinski definition) is 1. The molecule has 0 aliphatic carbocycles. The quantitative estimate of drug-likeness (QED) is 0.277. The van der Waals surface area contributed by atoms with E-state index in [1.165, 1.54) is 29.7 Å². The highest BCUT2D eigenvalue weighted by molar-refractivity contribution is 7.13. The molecular weight excluding hydrogens is 432 g/mol. The Morgan fingerprint density at radius 1 is 1.16 bits per heavy atom. The molecule has 3 heterocycles. The van der Waals surface area contributed by atoms with Crippen LogP contribution >= 0.6 is 11.3 Å². The normalized spacial score (nSPS) is 12.4. The van der Waals surface area contributed by atoms with Crippen LogP contribution in [-0.2, 0) is 0 Å². The number of amides is 1. The molecule has 158 valence electrons. The van der Waals surface area contributed by atoms with E-state index in [-0.39, 0.29) is 18.0 Å². The predicted octanol–water partition coefficient (Wildman–Crippen LogP) is 4.36. The zero-order valence-electron chi connectivity index (χ0n) is 16.3. The van der Waals surface area contributed by atoms with Gasteiger partial charge in [-0.3, -0.25) is 14.9 Å². The van der Waals surface area contributed by atoms with Crippen LogP contribution in [0.4, 0.5) is 5.69 Å². The number of pyridine rings is 1. The maximum absolute atomic E-state index is 12.9. The summed E-state index contributed by atoms with van der Waals surface area (Å²) in [5.74, 6) is 0.215. The van der Waals surface area contributed by atoms with Gasteiger partial charge >= 0.3 is 0 Å². The minimum absolute atomic E-state index is 0.00842. The summed E-state index contributed by atoms with van der Waals surface area (Å²) >= 11 is 1.52. The summed E-state index contributed by atoms with van der Waals surface area (Å²) in [6.45, 7) is -0.00842. The van der Waals surface area contributed by atoms with E-state index < -0.39 is 10.8 Å². The van der Waals surface area contributed by atoms with Gasteiger partial charge in [-0.25, -0.2) is 10.4 Å². The first kappa shape index (κ1) is 19.6. The van der Waals surface area contributed by atoms with E-state index in [0.29, 0.717) is 33.7 Å². The van der Waals surface area contributed by atoms with Crippen molar-refractivity contribution in [2.24, 2.45) is 5.10 Å². The molecule has 0 unspecified atom stereocenters. The van der Waals surface area contributed by atoms with E-state index in [1.807, 2.05) is 41.8 Å². The second-order valence-electron chi connectivity index (χ2n) is 6.77. The van der Waals surface area contributed by atoms with Crippen LogP contribution in [0, 0.1) is 10.1 Å². The summed E-state index contributed by atoms with van der Waals surface area (Å²) in [4.78, 5) is 29.4. The predicted molar refractivity (Wildman–Crippen MR) is 119 cm³/mol. The number of rotatable bonds is 5. The standard InChI is InChI=1S/C22H14N4O5S/c27-22(25-23-11-13-8-19-20(31-12-30-19)10-18(13)26(28)29)15-9-17(21-6-3-7-32-21)24-16-5-2-1-4-14(15)16/h1-11H,12H2,(H,25,27)/b23-11+. The van der Waals surface area contributed by atoms with Crippen LogP contribution in [-0.4, -0.2) is 28.8 Å². The number of fused-ring (bicyclic) bond motifs is 2. The lowest BCUT2D eigenvalue weighted by Crippen LogP contribution is -2.18. The summed E-state index contributed by atoms with van der Waals surface area (Å²) in [7, 11) is 0. The van der Waals surface area contributed by atoms with Crippen molar-refractivity contribution in [1.29, 1.82) is 0 Å². The molecule has 10 heteroatoms. The van der Waals surface area contributed by atoms with Crippen LogP contribution < -0.4 is 14.9 Å². The van der Waals surface area contributed by atoms with Crippen molar-refractivity contribution in [3.8, 4) is 22.1 Å². The van der Waals surface area contributed by atoms with Crippen LogP contribution in [0.1, 0.15) is 15.9 Å². The first-order chi connectivity index (χ1) is 15.6. The van der Waals surface area contributed by atoms with Crippen LogP contribution in [0.3, 0.4) is 0 Å². The maximum Gasteiger partial charge on any atom is 0.282 e. The molecule has 2 aromatic heterocycles. The van der Waals surface area contributed by atoms with E-state index >= 15 is 0 Å². The fourth-order valence-electron chi connectivity index (χ4n) is 3.34. The Morgan fingerprint density at radius 3 is 2.75 bits per heavy atom. The van der Waals surface area contributed by atoms with E-state index in [1.54, 1.807) is 6.07 Å². The lowest BCUT2D eigenvalue weighted by atomic mass is 10.1. The molecule has 0 bridgehead atoms. The molecule has 5 rings (SSSR count). The summed E-state index contributed by atoms with van der Waals surface area (Å²) in [5.41, 5.74) is 4.19. The van der Waals surface area contributed by atoms with Crippen molar-refractivity contribution in [2.45, 2.75) is 0 Å². The van der Waals surface area contributed by atoms with E-state index in [2.05, 4.69) is 15.5 Å². The number of nitrogens with one attached hydrogen (secondary N) is 1. The van der Waals surface area contributed by atoms with Crippen molar-refractivity contribution in [3.05, 3.63) is 81.2 Å². The van der Waals surface area contributed by atoms with Crippen LogP contribution in [0.2, 0.25) is 0 Å². The van der Waals surface area contributed by atoms with Gasteiger partial charge in [0, 0.05) is 5.39 Å². The molecule has 1 amide bonds. The summed E-state index contributed by atoms with van der Waals surface area (Å²) in [5, 5.41) is 17.9. The highest BCUT2D eigenvalue weighted by Crippen LogP contribution is 2.37. The molecule has 32 heavy (non-hydrogen) atoms. The van der Waals surface area contributed by atoms with Gasteiger partial charge in [-0.05, 0) is 29.6 Å². The Kier molecular flexibility index (Phi) is 4.96. The van der Waals surface area contributed by atoms with Crippen molar-refractivity contribution >= 4 is 40.0 Å². The molecule has 0 fully saturated rings. The Labute approximate surface area is 185 Å². The van der Waals surface area contributed by atoms with Crippen molar-refractivity contribution in [2.75, 3.05) is 6.79 Å². The molecule has 1 aliphatic rings. The van der Waals surface area contributed by atoms with E-state index in [0.717, 1.165) is 4.88 Å². The Hall–Kier alpha value is -4.31. The zero-order valence-corrected chi connectivity index (χ0v) is 17.2. The molecule has 1 aliphatic heterocycles. The van der Waals surface area contributed by atoms with E-state index in [4.69, 9.17) is 9.47 Å². The minimum Gasteiger partial charge on any atom is -0.454 e. The molecule has 0 saturated heterocycles. The topological polar surface area (TPSA) is 116 Å². The number of benzene rings is 2. The van der Waals surface area contributed by atoms with E-state index in [9.17, 15) is 14.9 Å². The number of nitrogens with zero attached hydrogens (tertiary/aromatic N) is 3. The summed E-state index contributed by atoms with van der Waals surface area (Å²) in [6, 6.07) is 15.6. The van der Waals surface area contributed by atoms with Gasteiger partial charge in [-0.15, -0.1) is 11.3 Å². The van der Waals surface area contributed by atoms with Crippen molar-refractivity contribution in [3.63, 3.8) is 0 Å². The van der Waals surface area contributed by atoms with Crippen molar-refractivity contribution < 1.29 is 19.2 Å². The smallest absolute Gasteiger partial charge is 0.282 e. The molecule has 1 N–H and O–H groups in total. The highest BCUT2D eigenvalue weighted by atomic mass is 32.1. The van der Waals surface area contributed by atoms with Gasteiger partial charge in [0.1, 0.15) is 0 Å². The SMILES string of the molecule is O=C(N/N=C/c1cc2c(cc1[N+](=O)[O-])OCO2)c1cc(-c2cccs2)nc2ccccc12. The second-order valence-corrected chi connectivity index (χ2v) is 7.72. The summed E-state index contributed by atoms with van der Waals surface area (Å²) in [6.07, 6.45) is 1.21. The van der Waals surface area contributed by atoms with Gasteiger partial charge in [-0.2, -0.15) is 5.10 Å². The molecule has 4 aromatic rings. The zero-order chi connectivity index (χ0) is 22.1. The first-order valence-electron chi connectivity index (χ1n) is 9.45. The molecule has 0 spiro atoms. The lowest BCUT2D eigenvalue weighted by Gasteiger charge is -2.08. The Balaban J connectivity index is 1.46. The van der Waals surface area contributed by atoms with Crippen LogP contribution in [0.15, 0.2) is 65.1 Å².